The van der Waals surface area contributed by atoms with Crippen molar-refractivity contribution in [2.24, 2.45) is 5.41 Å². The van der Waals surface area contributed by atoms with Gasteiger partial charge in [-0.25, -0.2) is 13.1 Å². The van der Waals surface area contributed by atoms with Crippen LogP contribution in [0.4, 0.5) is 22.7 Å². The molecular weight excluding hydrogens is 884 g/mol. The highest BCUT2D eigenvalue weighted by molar-refractivity contribution is 7.90. The summed E-state index contributed by atoms with van der Waals surface area (Å²) in [5.41, 5.74) is 6.55. The van der Waals surface area contributed by atoms with Crippen molar-refractivity contribution in [3.05, 3.63) is 111 Å². The number of aromatic nitrogens is 2. The van der Waals surface area contributed by atoms with Gasteiger partial charge in [-0.15, -0.1) is 0 Å². The Kier molecular flexibility index (Phi) is 13.3. The summed E-state index contributed by atoms with van der Waals surface area (Å²) >= 11 is 6.27. The molecule has 4 aliphatic rings. The van der Waals surface area contributed by atoms with Gasteiger partial charge in [-0.1, -0.05) is 43.2 Å². The molecule has 5 heterocycles. The van der Waals surface area contributed by atoms with Gasteiger partial charge in [0.2, 0.25) is 5.88 Å². The van der Waals surface area contributed by atoms with Gasteiger partial charge in [0, 0.05) is 80.7 Å². The van der Waals surface area contributed by atoms with Crippen molar-refractivity contribution in [3.63, 3.8) is 0 Å². The fourth-order valence-electron chi connectivity index (χ4n) is 9.35. The van der Waals surface area contributed by atoms with Crippen LogP contribution >= 0.6 is 11.6 Å². The molecular formula is C48H55ClN8O8S. The van der Waals surface area contributed by atoms with Gasteiger partial charge < -0.3 is 29.0 Å². The third-order valence-corrected chi connectivity index (χ3v) is 14.6. The van der Waals surface area contributed by atoms with Gasteiger partial charge >= 0.3 is 5.69 Å². The molecule has 18 heteroatoms. The summed E-state index contributed by atoms with van der Waals surface area (Å²) in [6.45, 7) is 13.2. The lowest BCUT2D eigenvalue weighted by molar-refractivity contribution is -0.386. The minimum atomic E-state index is -4.59. The highest BCUT2D eigenvalue weighted by Gasteiger charge is 2.32. The molecule has 348 valence electrons. The first-order chi connectivity index (χ1) is 31.8. The van der Waals surface area contributed by atoms with Crippen molar-refractivity contribution < 1.29 is 32.3 Å². The summed E-state index contributed by atoms with van der Waals surface area (Å²) < 4.78 is 47.1. The van der Waals surface area contributed by atoms with Gasteiger partial charge in [0.15, 0.2) is 5.75 Å². The van der Waals surface area contributed by atoms with E-state index in [1.165, 1.54) is 28.8 Å². The van der Waals surface area contributed by atoms with Crippen molar-refractivity contribution in [3.8, 4) is 11.6 Å². The Labute approximate surface area is 389 Å². The number of anilines is 3. The van der Waals surface area contributed by atoms with Crippen LogP contribution in [0.3, 0.4) is 0 Å². The fourth-order valence-corrected chi connectivity index (χ4v) is 10.5. The van der Waals surface area contributed by atoms with E-state index in [-0.39, 0.29) is 29.9 Å². The maximum atomic E-state index is 14.3. The number of H-pyrrole nitrogens is 1. The Bertz CT molecular complexity index is 2750. The molecule has 2 fully saturated rings. The number of amides is 1. The topological polar surface area (TPSA) is 176 Å². The number of nitrogens with one attached hydrogen (secondary N) is 2. The Balaban J connectivity index is 0.952. The molecule has 1 amide bonds. The summed E-state index contributed by atoms with van der Waals surface area (Å²) in [5, 5.41) is 13.7. The number of morpholine rings is 1. The zero-order chi connectivity index (χ0) is 46.0. The average Bonchev–Trinajstić information content (AvgIpc) is 3.78. The fraction of sp³-hybridized carbons (Fsp3) is 0.417. The number of piperazine rings is 1. The maximum absolute atomic E-state index is 14.3. The second-order valence-corrected chi connectivity index (χ2v) is 20.2. The molecule has 1 aliphatic carbocycles. The minimum Gasteiger partial charge on any atom is -0.487 e. The van der Waals surface area contributed by atoms with Crippen LogP contribution in [0.15, 0.2) is 89.5 Å². The second kappa shape index (κ2) is 19.2. The summed E-state index contributed by atoms with van der Waals surface area (Å²) in [6.07, 6.45) is 5.61. The zero-order valence-corrected chi connectivity index (χ0v) is 38.8. The molecule has 2 aromatic heterocycles. The van der Waals surface area contributed by atoms with Gasteiger partial charge in [-0.2, -0.15) is 4.98 Å². The number of aromatic amines is 1. The van der Waals surface area contributed by atoms with Crippen molar-refractivity contribution in [2.75, 3.05) is 95.1 Å². The molecule has 3 aliphatic heterocycles. The number of nitrogens with zero attached hydrogens (tertiary/aromatic N) is 6. The number of halogens is 1. The Morgan fingerprint density at radius 2 is 1.73 bits per heavy atom. The van der Waals surface area contributed by atoms with Crippen LogP contribution in [-0.4, -0.2) is 124 Å². The molecule has 5 aromatic rings. The first-order valence-electron chi connectivity index (χ1n) is 22.6. The molecule has 66 heavy (non-hydrogen) atoms. The number of sulfonamides is 1. The SMILES string of the molecule is CC1(C)CCC(CN2CCN(c3ccc(C(=O)NS(=O)(=O)c4ccc(OCCCN5CCOCC5)c([N+](=O)[O-])c4)c(N4CCOc5nc6[nH]ccc6cc54)c3)CC2)=C(c2ccc(Cl)cc2)C1. The number of ether oxygens (including phenoxy) is 3. The van der Waals surface area contributed by atoms with Crippen LogP contribution in [0.2, 0.25) is 5.02 Å². The van der Waals surface area contributed by atoms with Crippen LogP contribution in [0, 0.1) is 15.5 Å². The Hall–Kier alpha value is -5.72. The van der Waals surface area contributed by atoms with E-state index in [0.29, 0.717) is 49.1 Å². The molecule has 0 saturated carbocycles. The number of rotatable bonds is 14. The van der Waals surface area contributed by atoms with Crippen molar-refractivity contribution in [1.82, 2.24) is 24.5 Å². The Morgan fingerprint density at radius 1 is 0.939 bits per heavy atom. The zero-order valence-electron chi connectivity index (χ0n) is 37.3. The monoisotopic (exact) mass is 938 g/mol. The molecule has 0 spiro atoms. The number of nitro groups is 1. The lowest BCUT2D eigenvalue weighted by Gasteiger charge is -2.39. The van der Waals surface area contributed by atoms with E-state index in [0.717, 1.165) is 93.8 Å². The van der Waals surface area contributed by atoms with E-state index in [1.54, 1.807) is 12.3 Å². The largest absolute Gasteiger partial charge is 0.487 e. The number of hydrogen-bond donors (Lipinski definition) is 2. The van der Waals surface area contributed by atoms with Crippen molar-refractivity contribution in [2.45, 2.75) is 44.4 Å². The third kappa shape index (κ3) is 10.1. The van der Waals surface area contributed by atoms with Gasteiger partial charge in [-0.3, -0.25) is 24.7 Å². The maximum Gasteiger partial charge on any atom is 0.312 e. The quantitative estimate of drug-likeness (QED) is 0.0631. The highest BCUT2D eigenvalue weighted by Crippen LogP contribution is 2.44. The van der Waals surface area contributed by atoms with Crippen molar-refractivity contribution in [1.29, 1.82) is 0 Å². The first kappa shape index (κ1) is 45.4. The van der Waals surface area contributed by atoms with Gasteiger partial charge in [-0.05, 0) is 96.8 Å². The Morgan fingerprint density at radius 3 is 2.50 bits per heavy atom. The van der Waals surface area contributed by atoms with Gasteiger partial charge in [0.1, 0.15) is 17.9 Å². The highest BCUT2D eigenvalue weighted by atomic mass is 35.5. The third-order valence-electron chi connectivity index (χ3n) is 13.0. The standard InChI is InChI=1S/C48H55ClN8O8S/c1-48(2)14-12-35(40(31-48)33-4-6-36(49)7-5-33)32-54-17-19-55(20-18-54)37-8-10-39(41(29-37)56-23-27-65-47-43(56)28-34-13-15-50-45(34)51-47)46(58)52-66(61,62)38-9-11-44(42(30-38)57(59)60)64-24-3-16-53-21-25-63-26-22-53/h4-11,13,15,28-30H,3,12,14,16-27,31-32H2,1-2H3,(H,50,51)(H,52,58). The number of hydrogen-bond acceptors (Lipinski definition) is 13. The predicted octanol–water partition coefficient (Wildman–Crippen LogP) is 7.66. The number of nitro benzene ring substituents is 1. The van der Waals surface area contributed by atoms with E-state index in [9.17, 15) is 23.3 Å². The smallest absolute Gasteiger partial charge is 0.312 e. The van der Waals surface area contributed by atoms with E-state index >= 15 is 0 Å². The van der Waals surface area contributed by atoms with Crippen LogP contribution in [0.25, 0.3) is 16.6 Å². The molecule has 9 rings (SSSR count). The molecule has 2 N–H and O–H groups in total. The number of benzene rings is 3. The lowest BCUT2D eigenvalue weighted by Crippen LogP contribution is -2.47. The van der Waals surface area contributed by atoms with Crippen LogP contribution in [0.1, 0.15) is 55.5 Å². The minimum absolute atomic E-state index is 0.0557. The summed E-state index contributed by atoms with van der Waals surface area (Å²) in [6, 6.07) is 20.8. The van der Waals surface area contributed by atoms with Crippen LogP contribution in [-0.2, 0) is 14.8 Å². The molecule has 0 atom stereocenters. The van der Waals surface area contributed by atoms with E-state index in [2.05, 4.69) is 50.4 Å². The summed E-state index contributed by atoms with van der Waals surface area (Å²) in [4.78, 5) is 42.1. The average molecular weight is 940 g/mol. The van der Waals surface area contributed by atoms with Crippen molar-refractivity contribution >= 4 is 66.9 Å². The predicted molar refractivity (Wildman–Crippen MR) is 255 cm³/mol. The lowest BCUT2D eigenvalue weighted by atomic mass is 9.72. The van der Waals surface area contributed by atoms with Gasteiger partial charge in [0.05, 0.1) is 47.4 Å². The molecule has 0 bridgehead atoms. The number of pyridine rings is 1. The second-order valence-electron chi connectivity index (χ2n) is 18.1. The number of carbonyl (C=O) groups is 1. The molecule has 3 aromatic carbocycles. The molecule has 0 unspecified atom stereocenters. The number of carbonyl (C=O) groups excluding carboxylic acids is 1. The summed E-state index contributed by atoms with van der Waals surface area (Å²) in [5.74, 6) is -0.570. The molecule has 2 saturated heterocycles. The normalized spacial score (nSPS) is 18.2. The number of fused-ring (bicyclic) bond motifs is 2. The van der Waals surface area contributed by atoms with E-state index in [1.807, 2.05) is 41.3 Å². The number of allylic oxidation sites excluding steroid dienone is 1. The first-order valence-corrected chi connectivity index (χ1v) is 24.4. The molecule has 16 nitrogen and oxygen atoms in total. The van der Waals surface area contributed by atoms with E-state index < -0.39 is 31.4 Å². The van der Waals surface area contributed by atoms with Crippen LogP contribution < -0.4 is 24.0 Å². The van der Waals surface area contributed by atoms with E-state index in [4.69, 9.17) is 30.8 Å². The van der Waals surface area contributed by atoms with Gasteiger partial charge in [0.25, 0.3) is 15.9 Å². The molecule has 0 radical (unpaired) electrons. The summed E-state index contributed by atoms with van der Waals surface area (Å²) in [7, 11) is -4.59. The van der Waals surface area contributed by atoms with Crippen LogP contribution in [0.5, 0.6) is 11.6 Å².